The first-order chi connectivity index (χ1) is 13.6. The molecular weight excluding hydrogens is 433 g/mol. The number of rotatable bonds is 4. The number of piperidine rings is 1. The molecule has 162 valence electrons. The molecule has 3 atom stereocenters. The molecule has 0 radical (unpaired) electrons. The van der Waals surface area contributed by atoms with Gasteiger partial charge in [0.05, 0.1) is 11.1 Å². The summed E-state index contributed by atoms with van der Waals surface area (Å²) < 4.78 is 27.4. The maximum atomic E-state index is 13.0. The van der Waals surface area contributed by atoms with E-state index >= 15 is 0 Å². The average Bonchev–Trinajstić information content (AvgIpc) is 2.68. The van der Waals surface area contributed by atoms with E-state index in [1.54, 1.807) is 6.07 Å². The number of carbonyl (C=O) groups excluding carboxylic acids is 1. The predicted octanol–water partition coefficient (Wildman–Crippen LogP) is 3.19. The third-order valence-corrected chi connectivity index (χ3v) is 8.49. The molecule has 0 aliphatic carbocycles. The first-order valence-corrected chi connectivity index (χ1v) is 12.3. The number of hydrogen-bond donors (Lipinski definition) is 0. The molecule has 0 saturated carbocycles. The highest BCUT2D eigenvalue weighted by Gasteiger charge is 2.35. The lowest BCUT2D eigenvalue weighted by molar-refractivity contribution is -0.139. The molecule has 6 nitrogen and oxygen atoms in total. The summed E-state index contributed by atoms with van der Waals surface area (Å²) in [4.78, 5) is 17.1. The monoisotopic (exact) mass is 461 g/mol. The second kappa shape index (κ2) is 9.10. The van der Waals surface area contributed by atoms with Gasteiger partial charge in [-0.1, -0.05) is 37.0 Å². The van der Waals surface area contributed by atoms with Gasteiger partial charge in [0.1, 0.15) is 4.90 Å². The molecule has 1 aromatic rings. The summed E-state index contributed by atoms with van der Waals surface area (Å²) in [5.41, 5.74) is 0. The van der Waals surface area contributed by atoms with Crippen LogP contribution in [0.1, 0.15) is 27.2 Å². The first kappa shape index (κ1) is 22.8. The van der Waals surface area contributed by atoms with Gasteiger partial charge in [0.15, 0.2) is 0 Å². The van der Waals surface area contributed by atoms with Crippen molar-refractivity contribution in [3.05, 3.63) is 28.2 Å². The Balaban J connectivity index is 1.64. The van der Waals surface area contributed by atoms with Crippen LogP contribution >= 0.6 is 23.2 Å². The summed E-state index contributed by atoms with van der Waals surface area (Å²) in [7, 11) is -3.72. The van der Waals surface area contributed by atoms with E-state index in [9.17, 15) is 13.2 Å². The molecule has 0 N–H and O–H groups in total. The number of benzene rings is 1. The highest BCUT2D eigenvalue weighted by molar-refractivity contribution is 7.89. The molecule has 3 unspecified atom stereocenters. The van der Waals surface area contributed by atoms with Crippen LogP contribution in [0.4, 0.5) is 0 Å². The normalized spacial score (nSPS) is 25.8. The van der Waals surface area contributed by atoms with Crippen LogP contribution in [-0.2, 0) is 14.8 Å². The summed E-state index contributed by atoms with van der Waals surface area (Å²) in [6.45, 7) is 9.53. The third-order valence-electron chi connectivity index (χ3n) is 5.87. The lowest BCUT2D eigenvalue weighted by Crippen LogP contribution is -2.56. The van der Waals surface area contributed by atoms with Crippen molar-refractivity contribution in [3.8, 4) is 0 Å². The minimum absolute atomic E-state index is 0.0283. The lowest BCUT2D eigenvalue weighted by atomic mass is 9.91. The fourth-order valence-electron chi connectivity index (χ4n) is 4.41. The summed E-state index contributed by atoms with van der Waals surface area (Å²) in [6.07, 6.45) is 1.15. The minimum Gasteiger partial charge on any atom is -0.341 e. The van der Waals surface area contributed by atoms with E-state index in [-0.39, 0.29) is 21.9 Å². The van der Waals surface area contributed by atoms with E-state index < -0.39 is 10.0 Å². The smallest absolute Gasteiger partial charge is 0.244 e. The number of likely N-dealkylation sites (tertiary alicyclic amines) is 1. The van der Waals surface area contributed by atoms with Gasteiger partial charge in [-0.15, -0.1) is 0 Å². The van der Waals surface area contributed by atoms with Crippen LogP contribution in [0.3, 0.4) is 0 Å². The van der Waals surface area contributed by atoms with E-state index in [0.29, 0.717) is 43.0 Å². The molecule has 2 saturated heterocycles. The maximum Gasteiger partial charge on any atom is 0.244 e. The number of sulfonamides is 1. The van der Waals surface area contributed by atoms with Crippen LogP contribution < -0.4 is 0 Å². The maximum absolute atomic E-state index is 13.0. The fourth-order valence-corrected chi connectivity index (χ4v) is 6.57. The summed E-state index contributed by atoms with van der Waals surface area (Å²) in [6, 6.07) is 4.19. The average molecular weight is 462 g/mol. The quantitative estimate of drug-likeness (QED) is 0.690. The number of carbonyl (C=O) groups is 1. The Morgan fingerprint density at radius 2 is 1.66 bits per heavy atom. The molecule has 0 bridgehead atoms. The van der Waals surface area contributed by atoms with Gasteiger partial charge in [0.25, 0.3) is 0 Å². The van der Waals surface area contributed by atoms with E-state index in [0.717, 1.165) is 19.5 Å². The van der Waals surface area contributed by atoms with Gasteiger partial charge in [0.2, 0.25) is 15.9 Å². The topological polar surface area (TPSA) is 60.9 Å². The van der Waals surface area contributed by atoms with Gasteiger partial charge in [-0.3, -0.25) is 9.69 Å². The molecule has 2 fully saturated rings. The number of amides is 1. The Hall–Kier alpha value is -0.860. The Bertz CT molecular complexity index is 847. The molecular formula is C20H29Cl2N3O3S. The van der Waals surface area contributed by atoms with Crippen molar-refractivity contribution < 1.29 is 13.2 Å². The van der Waals surface area contributed by atoms with Gasteiger partial charge in [-0.2, -0.15) is 4.31 Å². The zero-order valence-corrected chi connectivity index (χ0v) is 19.5. The van der Waals surface area contributed by atoms with E-state index in [4.69, 9.17) is 23.2 Å². The van der Waals surface area contributed by atoms with Crippen molar-refractivity contribution in [2.75, 3.05) is 39.3 Å². The van der Waals surface area contributed by atoms with Crippen LogP contribution in [0, 0.1) is 11.8 Å². The molecule has 2 heterocycles. The minimum atomic E-state index is -3.72. The number of halogens is 2. The van der Waals surface area contributed by atoms with Gasteiger partial charge < -0.3 is 4.90 Å². The van der Waals surface area contributed by atoms with Crippen LogP contribution in [0.15, 0.2) is 23.1 Å². The lowest BCUT2D eigenvalue weighted by Gasteiger charge is -2.41. The molecule has 9 heteroatoms. The van der Waals surface area contributed by atoms with Crippen LogP contribution in [0.5, 0.6) is 0 Å². The van der Waals surface area contributed by atoms with Crippen LogP contribution in [-0.4, -0.2) is 73.7 Å². The Morgan fingerprint density at radius 3 is 2.24 bits per heavy atom. The number of piperazine rings is 1. The SMILES string of the molecule is CC1CC(C)CN(C(=O)C(C)N2CCN(S(=O)(=O)c3cc(Cl)ccc3Cl)CC2)C1. The largest absolute Gasteiger partial charge is 0.341 e. The Kier molecular flexibility index (Phi) is 7.16. The predicted molar refractivity (Wildman–Crippen MR) is 116 cm³/mol. The van der Waals surface area contributed by atoms with Crippen molar-refractivity contribution in [2.45, 2.75) is 38.1 Å². The van der Waals surface area contributed by atoms with Gasteiger partial charge in [0, 0.05) is 44.3 Å². The Morgan fingerprint density at radius 1 is 1.07 bits per heavy atom. The fraction of sp³-hybridized carbons (Fsp3) is 0.650. The van der Waals surface area contributed by atoms with Crippen molar-refractivity contribution in [1.82, 2.24) is 14.1 Å². The van der Waals surface area contributed by atoms with Crippen molar-refractivity contribution in [2.24, 2.45) is 11.8 Å². The van der Waals surface area contributed by atoms with Crippen molar-refractivity contribution in [3.63, 3.8) is 0 Å². The van der Waals surface area contributed by atoms with E-state index in [2.05, 4.69) is 18.7 Å². The molecule has 3 rings (SSSR count). The van der Waals surface area contributed by atoms with Gasteiger partial charge in [-0.05, 0) is 43.4 Å². The molecule has 0 spiro atoms. The van der Waals surface area contributed by atoms with E-state index in [1.807, 2.05) is 11.8 Å². The Labute approximate surface area is 183 Å². The standard InChI is InChI=1S/C20H29Cl2N3O3S/c1-14-10-15(2)13-24(12-14)20(26)16(3)23-6-8-25(9-7-23)29(27,28)19-11-17(21)4-5-18(19)22/h4-5,11,14-16H,6-10,12-13H2,1-3H3. The zero-order valence-electron chi connectivity index (χ0n) is 17.1. The molecule has 0 aromatic heterocycles. The van der Waals surface area contributed by atoms with Crippen molar-refractivity contribution >= 4 is 39.1 Å². The first-order valence-electron chi connectivity index (χ1n) is 10.1. The molecule has 1 aromatic carbocycles. The third kappa shape index (κ3) is 5.07. The van der Waals surface area contributed by atoms with Gasteiger partial charge >= 0.3 is 0 Å². The van der Waals surface area contributed by atoms with Crippen molar-refractivity contribution in [1.29, 1.82) is 0 Å². The molecule has 2 aliphatic rings. The molecule has 2 aliphatic heterocycles. The summed E-state index contributed by atoms with van der Waals surface area (Å²) in [5.74, 6) is 1.16. The molecule has 29 heavy (non-hydrogen) atoms. The van der Waals surface area contributed by atoms with Crippen LogP contribution in [0.2, 0.25) is 10.0 Å². The summed E-state index contributed by atoms with van der Waals surface area (Å²) in [5, 5.41) is 0.490. The zero-order chi connectivity index (χ0) is 21.3. The van der Waals surface area contributed by atoms with Crippen LogP contribution in [0.25, 0.3) is 0 Å². The second-order valence-corrected chi connectivity index (χ2v) is 11.1. The second-order valence-electron chi connectivity index (χ2n) is 8.38. The van der Waals surface area contributed by atoms with E-state index in [1.165, 1.54) is 16.4 Å². The molecule has 1 amide bonds. The summed E-state index contributed by atoms with van der Waals surface area (Å²) >= 11 is 12.1. The highest BCUT2D eigenvalue weighted by atomic mass is 35.5. The highest BCUT2D eigenvalue weighted by Crippen LogP contribution is 2.29. The number of nitrogens with zero attached hydrogens (tertiary/aromatic N) is 3. The van der Waals surface area contributed by atoms with Gasteiger partial charge in [-0.25, -0.2) is 8.42 Å². The number of hydrogen-bond acceptors (Lipinski definition) is 4.